The molecule has 0 aliphatic carbocycles. The number of imidazole rings is 1. The highest BCUT2D eigenvalue weighted by Gasteiger charge is 2.11. The summed E-state index contributed by atoms with van der Waals surface area (Å²) in [7, 11) is 3.90. The Hall–Kier alpha value is -2.73. The first kappa shape index (κ1) is 16.1. The predicted molar refractivity (Wildman–Crippen MR) is 91.5 cm³/mol. The van der Waals surface area contributed by atoms with Gasteiger partial charge in [-0.2, -0.15) is 0 Å². The number of nitrogens with zero attached hydrogens (tertiary/aromatic N) is 3. The summed E-state index contributed by atoms with van der Waals surface area (Å²) < 4.78 is 14.8. The van der Waals surface area contributed by atoms with Gasteiger partial charge in [0.2, 0.25) is 0 Å². The van der Waals surface area contributed by atoms with Gasteiger partial charge in [-0.15, -0.1) is 0 Å². The van der Waals surface area contributed by atoms with Gasteiger partial charge in [-0.25, -0.2) is 9.37 Å². The molecule has 2 heterocycles. The molecule has 0 saturated heterocycles. The fourth-order valence-electron chi connectivity index (χ4n) is 2.40. The lowest BCUT2D eigenvalue weighted by Crippen LogP contribution is -2.31. The van der Waals surface area contributed by atoms with E-state index in [0.29, 0.717) is 17.9 Å². The van der Waals surface area contributed by atoms with Crippen LogP contribution in [0.1, 0.15) is 10.5 Å². The number of benzene rings is 1. The summed E-state index contributed by atoms with van der Waals surface area (Å²) in [5, 5.41) is 2.85. The SMILES string of the molecule is CN(C)CCNC(=O)c1cn2cc(-c3ccc(F)cc3)ccc2n1. The van der Waals surface area contributed by atoms with Crippen LogP contribution in [0.25, 0.3) is 16.8 Å². The Bertz CT molecular complexity index is 855. The Morgan fingerprint density at radius 3 is 2.54 bits per heavy atom. The zero-order valence-electron chi connectivity index (χ0n) is 13.7. The second-order valence-corrected chi connectivity index (χ2v) is 5.88. The summed E-state index contributed by atoms with van der Waals surface area (Å²) in [6.07, 6.45) is 3.58. The molecule has 6 heteroatoms. The van der Waals surface area contributed by atoms with E-state index in [9.17, 15) is 9.18 Å². The molecule has 3 rings (SSSR count). The molecule has 2 aromatic heterocycles. The highest BCUT2D eigenvalue weighted by Crippen LogP contribution is 2.20. The number of pyridine rings is 1. The second-order valence-electron chi connectivity index (χ2n) is 5.88. The smallest absolute Gasteiger partial charge is 0.271 e. The van der Waals surface area contributed by atoms with E-state index in [4.69, 9.17) is 0 Å². The lowest BCUT2D eigenvalue weighted by Gasteiger charge is -2.09. The van der Waals surface area contributed by atoms with Gasteiger partial charge < -0.3 is 14.6 Å². The van der Waals surface area contributed by atoms with Gasteiger partial charge in [-0.05, 0) is 49.5 Å². The number of amides is 1. The van der Waals surface area contributed by atoms with Crippen molar-refractivity contribution in [1.82, 2.24) is 19.6 Å². The normalized spacial score (nSPS) is 11.2. The van der Waals surface area contributed by atoms with Gasteiger partial charge in [0.05, 0.1) is 0 Å². The molecule has 3 aromatic rings. The Morgan fingerprint density at radius 1 is 1.12 bits per heavy atom. The Morgan fingerprint density at radius 2 is 1.83 bits per heavy atom. The lowest BCUT2D eigenvalue weighted by atomic mass is 10.1. The van der Waals surface area contributed by atoms with E-state index in [2.05, 4.69) is 10.3 Å². The van der Waals surface area contributed by atoms with Crippen LogP contribution in [0.2, 0.25) is 0 Å². The topological polar surface area (TPSA) is 49.6 Å². The fourth-order valence-corrected chi connectivity index (χ4v) is 2.40. The van der Waals surface area contributed by atoms with Gasteiger partial charge in [0, 0.05) is 25.5 Å². The minimum Gasteiger partial charge on any atom is -0.349 e. The number of hydrogen-bond acceptors (Lipinski definition) is 3. The van der Waals surface area contributed by atoms with Crippen molar-refractivity contribution in [1.29, 1.82) is 0 Å². The van der Waals surface area contributed by atoms with Crippen LogP contribution >= 0.6 is 0 Å². The molecule has 0 aliphatic heterocycles. The molecule has 5 nitrogen and oxygen atoms in total. The van der Waals surface area contributed by atoms with Crippen molar-refractivity contribution in [3.63, 3.8) is 0 Å². The van der Waals surface area contributed by atoms with Gasteiger partial charge in [-0.3, -0.25) is 4.79 Å². The number of carbonyl (C=O) groups excluding carboxylic acids is 1. The van der Waals surface area contributed by atoms with E-state index in [0.717, 1.165) is 17.7 Å². The maximum atomic E-state index is 13.0. The first-order chi connectivity index (χ1) is 11.5. The number of likely N-dealkylation sites (N-methyl/N-ethyl adjacent to an activating group) is 1. The van der Waals surface area contributed by atoms with E-state index in [-0.39, 0.29) is 11.7 Å². The van der Waals surface area contributed by atoms with Crippen molar-refractivity contribution >= 4 is 11.6 Å². The maximum Gasteiger partial charge on any atom is 0.271 e. The molecule has 0 radical (unpaired) electrons. The Kier molecular flexibility index (Phi) is 4.57. The van der Waals surface area contributed by atoms with E-state index in [1.54, 1.807) is 22.7 Å². The molecule has 0 unspecified atom stereocenters. The molecule has 0 spiro atoms. The van der Waals surface area contributed by atoms with Gasteiger partial charge in [0.1, 0.15) is 17.2 Å². The standard InChI is InChI=1S/C18H19FN4O/c1-22(2)10-9-20-18(24)16-12-23-11-14(5-8-17(23)21-16)13-3-6-15(19)7-4-13/h3-8,11-12H,9-10H2,1-2H3,(H,20,24). The van der Waals surface area contributed by atoms with Crippen LogP contribution in [0.4, 0.5) is 4.39 Å². The van der Waals surface area contributed by atoms with Gasteiger partial charge in [0.25, 0.3) is 5.91 Å². The number of halogens is 1. The second kappa shape index (κ2) is 6.80. The minimum atomic E-state index is -0.265. The summed E-state index contributed by atoms with van der Waals surface area (Å²) in [4.78, 5) is 18.5. The molecular weight excluding hydrogens is 307 g/mol. The Balaban J connectivity index is 1.81. The summed E-state index contributed by atoms with van der Waals surface area (Å²) in [6, 6.07) is 10.1. The van der Waals surface area contributed by atoms with E-state index >= 15 is 0 Å². The van der Waals surface area contributed by atoms with Crippen LogP contribution in [0.15, 0.2) is 48.8 Å². The van der Waals surface area contributed by atoms with Crippen LogP contribution < -0.4 is 5.32 Å². The number of nitrogens with one attached hydrogen (secondary N) is 1. The monoisotopic (exact) mass is 326 g/mol. The molecule has 0 saturated carbocycles. The van der Waals surface area contributed by atoms with Crippen LogP contribution in [0.5, 0.6) is 0 Å². The highest BCUT2D eigenvalue weighted by molar-refractivity contribution is 5.92. The molecule has 0 bridgehead atoms. The number of aromatic nitrogens is 2. The van der Waals surface area contributed by atoms with E-state index in [1.807, 2.05) is 37.3 Å². The third-order valence-corrected chi connectivity index (χ3v) is 3.71. The average molecular weight is 326 g/mol. The predicted octanol–water partition coefficient (Wildman–Crippen LogP) is 2.43. The molecule has 1 N–H and O–H groups in total. The van der Waals surface area contributed by atoms with Crippen LogP contribution in [-0.2, 0) is 0 Å². The summed E-state index contributed by atoms with van der Waals surface area (Å²) in [6.45, 7) is 1.34. The summed E-state index contributed by atoms with van der Waals surface area (Å²) >= 11 is 0. The van der Waals surface area contributed by atoms with Crippen LogP contribution in [-0.4, -0.2) is 47.4 Å². The van der Waals surface area contributed by atoms with Gasteiger partial charge in [0.15, 0.2) is 0 Å². The van der Waals surface area contributed by atoms with E-state index in [1.165, 1.54) is 12.1 Å². The zero-order chi connectivity index (χ0) is 17.1. The van der Waals surface area contributed by atoms with Crippen molar-refractivity contribution in [2.45, 2.75) is 0 Å². The van der Waals surface area contributed by atoms with Crippen molar-refractivity contribution < 1.29 is 9.18 Å². The van der Waals surface area contributed by atoms with Crippen LogP contribution in [0, 0.1) is 5.82 Å². The third kappa shape index (κ3) is 3.60. The largest absolute Gasteiger partial charge is 0.349 e. The zero-order valence-corrected chi connectivity index (χ0v) is 13.7. The number of carbonyl (C=O) groups is 1. The maximum absolute atomic E-state index is 13.0. The molecule has 0 atom stereocenters. The summed E-state index contributed by atoms with van der Waals surface area (Å²) in [5.41, 5.74) is 2.91. The number of rotatable bonds is 5. The van der Waals surface area contributed by atoms with Crippen molar-refractivity contribution in [3.05, 3.63) is 60.3 Å². The average Bonchev–Trinajstić information content (AvgIpc) is 2.98. The molecular formula is C18H19FN4O. The first-order valence-electron chi connectivity index (χ1n) is 7.70. The summed E-state index contributed by atoms with van der Waals surface area (Å²) in [5.74, 6) is -0.456. The van der Waals surface area contributed by atoms with Crippen molar-refractivity contribution in [2.24, 2.45) is 0 Å². The Labute approximate surface area is 139 Å². The quantitative estimate of drug-likeness (QED) is 0.783. The van der Waals surface area contributed by atoms with Crippen molar-refractivity contribution in [3.8, 4) is 11.1 Å². The lowest BCUT2D eigenvalue weighted by molar-refractivity contribution is 0.0946. The van der Waals surface area contributed by atoms with Gasteiger partial charge >= 0.3 is 0 Å². The number of hydrogen-bond donors (Lipinski definition) is 1. The molecule has 124 valence electrons. The first-order valence-corrected chi connectivity index (χ1v) is 7.70. The van der Waals surface area contributed by atoms with Gasteiger partial charge in [-0.1, -0.05) is 12.1 Å². The molecule has 0 aliphatic rings. The van der Waals surface area contributed by atoms with E-state index < -0.39 is 0 Å². The molecule has 0 fully saturated rings. The number of fused-ring (bicyclic) bond motifs is 1. The fraction of sp³-hybridized carbons (Fsp3) is 0.222. The minimum absolute atomic E-state index is 0.191. The van der Waals surface area contributed by atoms with Crippen LogP contribution in [0.3, 0.4) is 0 Å². The highest BCUT2D eigenvalue weighted by atomic mass is 19.1. The molecule has 1 aromatic carbocycles. The van der Waals surface area contributed by atoms with Crippen molar-refractivity contribution in [2.75, 3.05) is 27.2 Å². The molecule has 1 amide bonds. The third-order valence-electron chi connectivity index (χ3n) is 3.71. The molecule has 24 heavy (non-hydrogen) atoms.